The zero-order valence-electron chi connectivity index (χ0n) is 19.8. The number of ether oxygens (including phenoxy) is 1. The predicted molar refractivity (Wildman–Crippen MR) is 145 cm³/mol. The van der Waals surface area contributed by atoms with E-state index in [0.717, 1.165) is 4.47 Å². The van der Waals surface area contributed by atoms with Gasteiger partial charge in [-0.2, -0.15) is 0 Å². The Hall–Kier alpha value is -3.47. The van der Waals surface area contributed by atoms with Crippen LogP contribution in [0.1, 0.15) is 16.8 Å². The second-order valence-electron chi connectivity index (χ2n) is 8.03. The first-order valence-electron chi connectivity index (χ1n) is 11.3. The Labute approximate surface area is 226 Å². The lowest BCUT2D eigenvalue weighted by Gasteiger charge is -2.14. The number of nitrogens with zero attached hydrogens (tertiary/aromatic N) is 1. The van der Waals surface area contributed by atoms with Crippen molar-refractivity contribution in [2.24, 2.45) is 0 Å². The number of rotatable bonds is 10. The van der Waals surface area contributed by atoms with Gasteiger partial charge in [-0.1, -0.05) is 27.7 Å². The Morgan fingerprint density at radius 1 is 0.946 bits per heavy atom. The van der Waals surface area contributed by atoms with Gasteiger partial charge in [-0.05, 0) is 79.2 Å². The number of carbonyl (C=O) groups is 3. The van der Waals surface area contributed by atoms with Crippen molar-refractivity contribution in [3.05, 3.63) is 99.3 Å². The standard InChI is InChI=1S/C27H23BrFN3O4S/c1-36-16-2-15-32-26(34)23(30-20-9-5-18(28)6-10-20)24(27(32)35)37-22-13-11-21(12-14-22)31-25(33)17-3-7-19(29)8-4-17/h3-14,30H,2,15-16H2,1H3,(H,31,33). The molecule has 1 aliphatic heterocycles. The first-order valence-corrected chi connectivity index (χ1v) is 12.9. The van der Waals surface area contributed by atoms with Crippen LogP contribution in [0.25, 0.3) is 0 Å². The van der Waals surface area contributed by atoms with Gasteiger partial charge < -0.3 is 15.4 Å². The summed E-state index contributed by atoms with van der Waals surface area (Å²) >= 11 is 4.56. The molecule has 2 N–H and O–H groups in total. The maximum absolute atomic E-state index is 13.2. The highest BCUT2D eigenvalue weighted by molar-refractivity contribution is 9.10. The van der Waals surface area contributed by atoms with E-state index < -0.39 is 11.7 Å². The summed E-state index contributed by atoms with van der Waals surface area (Å²) in [5.74, 6) is -1.56. The third kappa shape index (κ3) is 6.65. The average Bonchev–Trinajstić information content (AvgIpc) is 3.11. The van der Waals surface area contributed by atoms with Gasteiger partial charge in [0, 0.05) is 46.6 Å². The van der Waals surface area contributed by atoms with Crippen LogP contribution in [0, 0.1) is 5.82 Å². The lowest BCUT2D eigenvalue weighted by Crippen LogP contribution is -2.33. The van der Waals surface area contributed by atoms with Crippen LogP contribution in [-0.4, -0.2) is 42.9 Å². The molecule has 3 aromatic carbocycles. The minimum atomic E-state index is -0.418. The quantitative estimate of drug-likeness (QED) is 0.236. The molecule has 3 amide bonds. The van der Waals surface area contributed by atoms with Crippen molar-refractivity contribution in [1.82, 2.24) is 4.90 Å². The fourth-order valence-electron chi connectivity index (χ4n) is 3.54. The minimum absolute atomic E-state index is 0.212. The highest BCUT2D eigenvalue weighted by Gasteiger charge is 2.38. The lowest BCUT2D eigenvalue weighted by atomic mass is 10.2. The third-order valence-corrected chi connectivity index (χ3v) is 7.03. The second kappa shape index (κ2) is 12.2. The Morgan fingerprint density at radius 2 is 1.59 bits per heavy atom. The molecule has 10 heteroatoms. The molecule has 0 aromatic heterocycles. The first-order chi connectivity index (χ1) is 17.9. The molecule has 0 bridgehead atoms. The number of nitrogens with one attached hydrogen (secondary N) is 2. The van der Waals surface area contributed by atoms with Crippen LogP contribution in [0.15, 0.2) is 92.8 Å². The highest BCUT2D eigenvalue weighted by Crippen LogP contribution is 2.36. The number of methoxy groups -OCH3 is 1. The van der Waals surface area contributed by atoms with Crippen LogP contribution in [0.5, 0.6) is 0 Å². The number of carbonyl (C=O) groups excluding carboxylic acids is 3. The van der Waals surface area contributed by atoms with Crippen LogP contribution in [0.3, 0.4) is 0 Å². The highest BCUT2D eigenvalue weighted by atomic mass is 79.9. The van der Waals surface area contributed by atoms with Gasteiger partial charge in [0.1, 0.15) is 16.4 Å². The molecular weight excluding hydrogens is 561 g/mol. The third-order valence-electron chi connectivity index (χ3n) is 5.41. The monoisotopic (exact) mass is 583 g/mol. The molecular formula is C27H23BrFN3O4S. The molecule has 3 aromatic rings. The molecule has 190 valence electrons. The SMILES string of the molecule is COCCCN1C(=O)C(Nc2ccc(Br)cc2)=C(Sc2ccc(NC(=O)c3ccc(F)cc3)cc2)C1=O. The number of benzene rings is 3. The molecule has 1 heterocycles. The molecule has 0 unspecified atom stereocenters. The second-order valence-corrected chi connectivity index (χ2v) is 10.0. The zero-order chi connectivity index (χ0) is 26.4. The van der Waals surface area contributed by atoms with Crippen molar-refractivity contribution in [1.29, 1.82) is 0 Å². The molecule has 0 spiro atoms. The summed E-state index contributed by atoms with van der Waals surface area (Å²) in [6.07, 6.45) is 0.528. The van der Waals surface area contributed by atoms with Gasteiger partial charge >= 0.3 is 0 Å². The van der Waals surface area contributed by atoms with Gasteiger partial charge in [0.25, 0.3) is 17.7 Å². The smallest absolute Gasteiger partial charge is 0.278 e. The number of hydrogen-bond donors (Lipinski definition) is 2. The maximum atomic E-state index is 13.2. The Balaban J connectivity index is 1.52. The van der Waals surface area contributed by atoms with Crippen molar-refractivity contribution in [3.8, 4) is 0 Å². The Morgan fingerprint density at radius 3 is 2.24 bits per heavy atom. The van der Waals surface area contributed by atoms with Crippen molar-refractivity contribution in [2.75, 3.05) is 30.9 Å². The minimum Gasteiger partial charge on any atom is -0.385 e. The zero-order valence-corrected chi connectivity index (χ0v) is 22.2. The van der Waals surface area contributed by atoms with E-state index in [1.54, 1.807) is 31.4 Å². The van der Waals surface area contributed by atoms with Crippen LogP contribution in [-0.2, 0) is 14.3 Å². The number of amides is 3. The number of hydrogen-bond acceptors (Lipinski definition) is 6. The van der Waals surface area contributed by atoms with E-state index in [-0.39, 0.29) is 29.0 Å². The fourth-order valence-corrected chi connectivity index (χ4v) is 4.75. The molecule has 0 aliphatic carbocycles. The van der Waals surface area contributed by atoms with E-state index in [1.165, 1.54) is 40.9 Å². The Kier molecular flexibility index (Phi) is 8.75. The van der Waals surface area contributed by atoms with E-state index in [0.29, 0.717) is 34.9 Å². The molecule has 0 atom stereocenters. The molecule has 7 nitrogen and oxygen atoms in total. The number of halogens is 2. The van der Waals surface area contributed by atoms with E-state index in [2.05, 4.69) is 26.6 Å². The van der Waals surface area contributed by atoms with Crippen molar-refractivity contribution < 1.29 is 23.5 Å². The van der Waals surface area contributed by atoms with Crippen molar-refractivity contribution in [3.63, 3.8) is 0 Å². The van der Waals surface area contributed by atoms with Gasteiger partial charge in [-0.3, -0.25) is 19.3 Å². The summed E-state index contributed by atoms with van der Waals surface area (Å²) in [5.41, 5.74) is 1.76. The topological polar surface area (TPSA) is 87.7 Å². The maximum Gasteiger partial charge on any atom is 0.278 e. The van der Waals surface area contributed by atoms with E-state index in [4.69, 9.17) is 4.74 Å². The molecule has 37 heavy (non-hydrogen) atoms. The molecule has 0 saturated heterocycles. The Bertz CT molecular complexity index is 1330. The van der Waals surface area contributed by atoms with Gasteiger partial charge in [0.05, 0.1) is 0 Å². The summed E-state index contributed by atoms with van der Waals surface area (Å²) in [6.45, 7) is 0.676. The van der Waals surface area contributed by atoms with Crippen molar-refractivity contribution in [2.45, 2.75) is 11.3 Å². The molecule has 0 saturated carbocycles. The first kappa shape index (κ1) is 26.6. The summed E-state index contributed by atoms with van der Waals surface area (Å²) in [7, 11) is 1.57. The summed E-state index contributed by atoms with van der Waals surface area (Å²) in [5, 5.41) is 5.87. The van der Waals surface area contributed by atoms with Gasteiger partial charge in [-0.25, -0.2) is 4.39 Å². The number of thioether (sulfide) groups is 1. The molecule has 0 fully saturated rings. The molecule has 1 aliphatic rings. The summed E-state index contributed by atoms with van der Waals surface area (Å²) in [4.78, 5) is 41.0. The van der Waals surface area contributed by atoms with E-state index >= 15 is 0 Å². The summed E-state index contributed by atoms with van der Waals surface area (Å²) in [6, 6.07) is 19.5. The molecule has 0 radical (unpaired) electrons. The predicted octanol–water partition coefficient (Wildman–Crippen LogP) is 5.66. The number of anilines is 2. The normalized spacial score (nSPS) is 13.3. The lowest BCUT2D eigenvalue weighted by molar-refractivity contribution is -0.137. The van der Waals surface area contributed by atoms with Crippen LogP contribution in [0.2, 0.25) is 0 Å². The van der Waals surface area contributed by atoms with E-state index in [9.17, 15) is 18.8 Å². The van der Waals surface area contributed by atoms with Crippen molar-refractivity contribution >= 4 is 56.8 Å². The molecule has 4 rings (SSSR count). The number of imide groups is 1. The van der Waals surface area contributed by atoms with Crippen LogP contribution in [0.4, 0.5) is 15.8 Å². The van der Waals surface area contributed by atoms with E-state index in [1.807, 2.05) is 24.3 Å². The van der Waals surface area contributed by atoms with Gasteiger partial charge in [-0.15, -0.1) is 0 Å². The van der Waals surface area contributed by atoms with Crippen LogP contribution < -0.4 is 10.6 Å². The average molecular weight is 584 g/mol. The van der Waals surface area contributed by atoms with Gasteiger partial charge in [0.15, 0.2) is 0 Å². The fraction of sp³-hybridized carbons (Fsp3) is 0.148. The van der Waals surface area contributed by atoms with Gasteiger partial charge in [0.2, 0.25) is 0 Å². The van der Waals surface area contributed by atoms with Crippen LogP contribution >= 0.6 is 27.7 Å². The largest absolute Gasteiger partial charge is 0.385 e. The summed E-state index contributed by atoms with van der Waals surface area (Å²) < 4.78 is 19.1.